The molecule has 0 aliphatic rings. The van der Waals surface area contributed by atoms with Crippen LogP contribution in [0.4, 0.5) is 0 Å². The van der Waals surface area contributed by atoms with Crippen molar-refractivity contribution in [2.45, 2.75) is 194 Å². The van der Waals surface area contributed by atoms with Gasteiger partial charge in [-0.3, -0.25) is 0 Å². The molecule has 0 amide bonds. The van der Waals surface area contributed by atoms with E-state index in [-0.39, 0.29) is 29.3 Å². The molecule has 0 heterocycles. The summed E-state index contributed by atoms with van der Waals surface area (Å²) in [6.45, 7) is 4.51. The van der Waals surface area contributed by atoms with Crippen molar-refractivity contribution in [2.24, 2.45) is 0 Å². The van der Waals surface area contributed by atoms with E-state index in [4.69, 9.17) is 0 Å². The minimum Gasteiger partial charge on any atom is -0.550 e. The molecule has 0 aliphatic heterocycles. The largest absolute Gasteiger partial charge is 2.00 e. The fourth-order valence-corrected chi connectivity index (χ4v) is 4.68. The molecule has 0 fully saturated rings. The fraction of sp³-hybridized carbons (Fsp3) is 0.833. The van der Waals surface area contributed by atoms with Gasteiger partial charge in [-0.15, -0.1) is 0 Å². The third-order valence-electron chi connectivity index (χ3n) is 7.29. The molecule has 41 heavy (non-hydrogen) atoms. The number of hydrogen-bond donors (Lipinski definition) is 0. The molecule has 0 N–H and O–H groups in total. The van der Waals surface area contributed by atoms with Gasteiger partial charge >= 0.3 is 16.5 Å². The fourth-order valence-electron chi connectivity index (χ4n) is 4.68. The molecule has 0 aromatic carbocycles. The van der Waals surface area contributed by atoms with Crippen LogP contribution < -0.4 is 10.2 Å². The van der Waals surface area contributed by atoms with Crippen molar-refractivity contribution >= 4 is 11.9 Å². The molecule has 5 heteroatoms. The van der Waals surface area contributed by atoms with Crippen molar-refractivity contribution in [3.8, 4) is 0 Å². The molecule has 0 bridgehead atoms. The number of hydrogen-bond acceptors (Lipinski definition) is 4. The van der Waals surface area contributed by atoms with Gasteiger partial charge in [0.1, 0.15) is 0 Å². The van der Waals surface area contributed by atoms with E-state index in [1.165, 1.54) is 128 Å². The summed E-state index contributed by atoms with van der Waals surface area (Å²) in [6, 6.07) is 0. The van der Waals surface area contributed by atoms with Gasteiger partial charge in [0.25, 0.3) is 0 Å². The predicted molar refractivity (Wildman–Crippen MR) is 169 cm³/mol. The first-order chi connectivity index (χ1) is 19.5. The molecule has 0 atom stereocenters. The number of aliphatic carboxylic acids is 2. The molecule has 0 saturated heterocycles. The van der Waals surface area contributed by atoms with Crippen molar-refractivity contribution in [1.82, 2.24) is 0 Å². The normalized spacial score (nSPS) is 11.0. The maximum Gasteiger partial charge on any atom is 2.00 e. The van der Waals surface area contributed by atoms with Gasteiger partial charge in [0.2, 0.25) is 0 Å². The van der Waals surface area contributed by atoms with Gasteiger partial charge in [0, 0.05) is 11.9 Å². The smallest absolute Gasteiger partial charge is 0.550 e. The van der Waals surface area contributed by atoms with Crippen molar-refractivity contribution < 1.29 is 36.3 Å². The minimum atomic E-state index is -0.914. The molecule has 0 aromatic rings. The Morgan fingerprint density at radius 2 is 0.610 bits per heavy atom. The van der Waals surface area contributed by atoms with Gasteiger partial charge in [-0.25, -0.2) is 0 Å². The average molecular weight is 622 g/mol. The summed E-state index contributed by atoms with van der Waals surface area (Å²) in [7, 11) is 0. The van der Waals surface area contributed by atoms with E-state index in [0.29, 0.717) is 0 Å². The third-order valence-corrected chi connectivity index (χ3v) is 7.29. The molecule has 4 nitrogen and oxygen atoms in total. The second-order valence-corrected chi connectivity index (χ2v) is 11.4. The van der Waals surface area contributed by atoms with Crippen molar-refractivity contribution in [2.75, 3.05) is 0 Å². The zero-order valence-electron chi connectivity index (χ0n) is 27.1. The Balaban J connectivity index is -0.000000688. The van der Waals surface area contributed by atoms with Gasteiger partial charge < -0.3 is 19.8 Å². The Kier molecular flexibility index (Phi) is 44.4. The first kappa shape index (κ1) is 44.4. The summed E-state index contributed by atoms with van der Waals surface area (Å²) in [5, 5.41) is 20.4. The molecule has 0 aliphatic carbocycles. The third kappa shape index (κ3) is 48.9. The van der Waals surface area contributed by atoms with Gasteiger partial charge in [0.15, 0.2) is 0 Å². The summed E-state index contributed by atoms with van der Waals surface area (Å²) in [5.41, 5.74) is 0. The SMILES string of the molecule is CCCCCCCC/C=C\CCCCCCCC(=O)[O-].CCCCCCCC/C=C\CCCCCCCC(=O)[O-].[Ni+2]. The van der Waals surface area contributed by atoms with E-state index >= 15 is 0 Å². The minimum absolute atomic E-state index is 0. The van der Waals surface area contributed by atoms with E-state index in [2.05, 4.69) is 38.2 Å². The zero-order valence-corrected chi connectivity index (χ0v) is 28.0. The number of carboxylic acid groups (broad SMARTS) is 2. The molecular weight excluding hydrogens is 555 g/mol. The van der Waals surface area contributed by atoms with Crippen LogP contribution in [0.15, 0.2) is 24.3 Å². The average Bonchev–Trinajstić information content (AvgIpc) is 2.93. The maximum absolute atomic E-state index is 10.2. The Morgan fingerprint density at radius 3 is 0.854 bits per heavy atom. The monoisotopic (exact) mass is 620 g/mol. The number of carboxylic acids is 2. The molecule has 0 rings (SSSR count). The molecule has 0 saturated carbocycles. The van der Waals surface area contributed by atoms with E-state index in [1.807, 2.05) is 0 Å². The quantitative estimate of drug-likeness (QED) is 0.0455. The van der Waals surface area contributed by atoms with E-state index in [1.54, 1.807) is 0 Å². The number of rotatable bonds is 30. The molecular formula is C36H66NiO4. The zero-order chi connectivity index (χ0) is 29.8. The first-order valence-corrected chi connectivity index (χ1v) is 17.2. The van der Waals surface area contributed by atoms with Crippen LogP contribution in [0.1, 0.15) is 194 Å². The molecule has 0 unspecified atom stereocenters. The van der Waals surface area contributed by atoms with Crippen molar-refractivity contribution in [3.63, 3.8) is 0 Å². The maximum atomic E-state index is 10.2. The van der Waals surface area contributed by atoms with Gasteiger partial charge in [-0.2, -0.15) is 0 Å². The summed E-state index contributed by atoms with van der Waals surface area (Å²) in [5.74, 6) is -1.83. The number of allylic oxidation sites excluding steroid dienone is 4. The first-order valence-electron chi connectivity index (χ1n) is 17.2. The Labute approximate surface area is 265 Å². The number of carbonyl (C=O) groups is 2. The number of carbonyl (C=O) groups excluding carboxylic acids is 2. The Bertz CT molecular complexity index is 524. The second kappa shape index (κ2) is 41.1. The summed E-state index contributed by atoms with van der Waals surface area (Å²) in [4.78, 5) is 20.4. The summed E-state index contributed by atoms with van der Waals surface area (Å²) in [6.07, 6.45) is 41.8. The van der Waals surface area contributed by atoms with Crippen molar-refractivity contribution in [3.05, 3.63) is 24.3 Å². The topological polar surface area (TPSA) is 80.3 Å². The van der Waals surface area contributed by atoms with Gasteiger partial charge in [-0.1, -0.05) is 141 Å². The van der Waals surface area contributed by atoms with E-state index in [0.717, 1.165) is 38.5 Å². The van der Waals surface area contributed by atoms with Crippen LogP contribution in [-0.2, 0) is 26.1 Å². The van der Waals surface area contributed by atoms with Crippen LogP contribution in [0.5, 0.6) is 0 Å². The van der Waals surface area contributed by atoms with Crippen LogP contribution >= 0.6 is 0 Å². The summed E-state index contributed by atoms with van der Waals surface area (Å²) < 4.78 is 0. The second-order valence-electron chi connectivity index (χ2n) is 11.4. The van der Waals surface area contributed by atoms with Crippen LogP contribution in [0.3, 0.4) is 0 Å². The van der Waals surface area contributed by atoms with Crippen LogP contribution in [-0.4, -0.2) is 11.9 Å². The van der Waals surface area contributed by atoms with Crippen LogP contribution in [0.25, 0.3) is 0 Å². The van der Waals surface area contributed by atoms with Gasteiger partial charge in [-0.05, 0) is 77.0 Å². The van der Waals surface area contributed by atoms with E-state index in [9.17, 15) is 19.8 Å². The molecule has 0 spiro atoms. The molecule has 0 aromatic heterocycles. The standard InChI is InChI=1S/2C18H34O2.Ni/c2*1-2-3-4-5-6-7-8-9-10-11-12-13-14-15-16-17-18(19)20;/h2*9-10H,2-8,11-17H2,1H3,(H,19,20);/q;;+2/p-2/b2*10-9-;. The van der Waals surface area contributed by atoms with Gasteiger partial charge in [0.05, 0.1) is 0 Å². The molecule has 244 valence electrons. The number of unbranched alkanes of at least 4 members (excludes halogenated alkanes) is 22. The summed E-state index contributed by atoms with van der Waals surface area (Å²) >= 11 is 0. The van der Waals surface area contributed by atoms with E-state index < -0.39 is 11.9 Å². The van der Waals surface area contributed by atoms with Crippen LogP contribution in [0, 0.1) is 0 Å². The Hall–Kier alpha value is -1.09. The van der Waals surface area contributed by atoms with Crippen molar-refractivity contribution in [1.29, 1.82) is 0 Å². The molecule has 0 radical (unpaired) electrons. The van der Waals surface area contributed by atoms with Crippen LogP contribution in [0.2, 0.25) is 0 Å². The Morgan fingerprint density at radius 1 is 0.390 bits per heavy atom. The predicted octanol–water partition coefficient (Wildman–Crippen LogP) is 9.55.